The van der Waals surface area contributed by atoms with Crippen molar-refractivity contribution >= 4 is 23.3 Å². The summed E-state index contributed by atoms with van der Waals surface area (Å²) < 4.78 is 37.4. The number of carbonyl (C=O) groups excluding carboxylic acids is 2. The number of nitrogens with zero attached hydrogens (tertiary/aromatic N) is 1. The molecule has 2 aromatic rings. The van der Waals surface area contributed by atoms with Crippen molar-refractivity contribution in [1.82, 2.24) is 9.97 Å². The molecule has 0 unspecified atom stereocenters. The third-order valence-electron chi connectivity index (χ3n) is 3.48. The number of thioether (sulfide) groups is 1. The Bertz CT molecular complexity index is 780. The van der Waals surface area contributed by atoms with E-state index in [1.165, 1.54) is 13.0 Å². The summed E-state index contributed by atoms with van der Waals surface area (Å²) in [6.07, 6.45) is -3.70. The first-order valence-corrected chi connectivity index (χ1v) is 7.99. The van der Waals surface area contributed by atoms with Crippen molar-refractivity contribution in [1.29, 1.82) is 0 Å². The van der Waals surface area contributed by atoms with Gasteiger partial charge in [0.15, 0.2) is 11.6 Å². The van der Waals surface area contributed by atoms with Gasteiger partial charge in [0.25, 0.3) is 0 Å². The van der Waals surface area contributed by atoms with E-state index < -0.39 is 11.7 Å². The van der Waals surface area contributed by atoms with Crippen LogP contribution in [0.2, 0.25) is 0 Å². The number of ketones is 2. The van der Waals surface area contributed by atoms with Crippen LogP contribution < -0.4 is 0 Å². The molecule has 0 aliphatic carbocycles. The lowest BCUT2D eigenvalue weighted by molar-refractivity contribution is -0.137. The molecule has 0 aliphatic heterocycles. The Morgan fingerprint density at radius 2 is 1.92 bits per heavy atom. The number of hydrogen-bond acceptors (Lipinski definition) is 4. The van der Waals surface area contributed by atoms with Crippen LogP contribution in [0.5, 0.6) is 0 Å². The molecule has 0 saturated heterocycles. The highest BCUT2D eigenvalue weighted by Gasteiger charge is 2.30. The molecule has 2 aromatic heterocycles. The van der Waals surface area contributed by atoms with Gasteiger partial charge in [0.2, 0.25) is 0 Å². The number of nitrogens with one attached hydrogen (secondary N) is 1. The van der Waals surface area contributed by atoms with Crippen molar-refractivity contribution in [2.75, 3.05) is 5.75 Å². The number of halogens is 3. The topological polar surface area (TPSA) is 62.8 Å². The van der Waals surface area contributed by atoms with Crippen molar-refractivity contribution in [2.24, 2.45) is 0 Å². The third kappa shape index (κ3) is 3.87. The lowest BCUT2D eigenvalue weighted by Crippen LogP contribution is -2.07. The zero-order chi connectivity index (χ0) is 18.1. The van der Waals surface area contributed by atoms with Gasteiger partial charge < -0.3 is 4.98 Å². The molecule has 2 rings (SSSR count). The lowest BCUT2D eigenvalue weighted by atomic mass is 10.1. The molecule has 0 bridgehead atoms. The number of aromatic nitrogens is 2. The normalized spacial score (nSPS) is 11.6. The van der Waals surface area contributed by atoms with Gasteiger partial charge in [0.05, 0.1) is 22.0 Å². The van der Waals surface area contributed by atoms with Crippen molar-refractivity contribution in [3.8, 4) is 0 Å². The molecule has 1 N–H and O–H groups in total. The van der Waals surface area contributed by atoms with Gasteiger partial charge in [0, 0.05) is 17.5 Å². The molecule has 0 saturated carbocycles. The summed E-state index contributed by atoms with van der Waals surface area (Å²) in [4.78, 5) is 30.5. The molecule has 0 aliphatic rings. The van der Waals surface area contributed by atoms with E-state index in [0.29, 0.717) is 27.5 Å². The van der Waals surface area contributed by atoms with E-state index in [9.17, 15) is 22.8 Å². The van der Waals surface area contributed by atoms with Crippen molar-refractivity contribution < 1.29 is 22.8 Å². The maximum Gasteiger partial charge on any atom is 0.417 e. The predicted molar refractivity (Wildman–Crippen MR) is 84.6 cm³/mol. The number of pyridine rings is 1. The molecule has 0 spiro atoms. The van der Waals surface area contributed by atoms with Crippen LogP contribution in [0.4, 0.5) is 13.2 Å². The quantitative estimate of drug-likeness (QED) is 0.643. The molecule has 0 amide bonds. The molecule has 8 heteroatoms. The number of Topliss-reactive ketones (excluding diaryl/α,β-unsaturated/α-hetero) is 2. The van der Waals surface area contributed by atoms with E-state index in [1.807, 2.05) is 0 Å². The van der Waals surface area contributed by atoms with Gasteiger partial charge in [0.1, 0.15) is 0 Å². The summed E-state index contributed by atoms with van der Waals surface area (Å²) in [5.74, 6) is -0.358. The second kappa shape index (κ2) is 6.80. The van der Waals surface area contributed by atoms with Crippen molar-refractivity contribution in [3.63, 3.8) is 0 Å². The number of rotatable bonds is 5. The highest BCUT2D eigenvalue weighted by Crippen LogP contribution is 2.29. The highest BCUT2D eigenvalue weighted by atomic mass is 32.2. The Labute approximate surface area is 140 Å². The van der Waals surface area contributed by atoms with Crippen LogP contribution in [0.3, 0.4) is 0 Å². The Morgan fingerprint density at radius 3 is 2.38 bits per heavy atom. The van der Waals surface area contributed by atoms with Crippen LogP contribution in [-0.2, 0) is 6.18 Å². The molecular weight excluding hydrogens is 341 g/mol. The second-order valence-corrected chi connectivity index (χ2v) is 6.27. The van der Waals surface area contributed by atoms with E-state index >= 15 is 0 Å². The number of carbonyl (C=O) groups is 2. The average Bonchev–Trinajstić information content (AvgIpc) is 2.79. The van der Waals surface area contributed by atoms with Gasteiger partial charge in [-0.05, 0) is 38.5 Å². The minimum absolute atomic E-state index is 0.0104. The number of hydrogen-bond donors (Lipinski definition) is 1. The van der Waals surface area contributed by atoms with E-state index in [2.05, 4.69) is 9.97 Å². The Morgan fingerprint density at radius 1 is 1.25 bits per heavy atom. The fraction of sp³-hybridized carbons (Fsp3) is 0.312. The first-order valence-electron chi connectivity index (χ1n) is 7.00. The van der Waals surface area contributed by atoms with E-state index in [-0.39, 0.29) is 17.3 Å². The van der Waals surface area contributed by atoms with E-state index in [1.54, 1.807) is 13.8 Å². The van der Waals surface area contributed by atoms with Gasteiger partial charge in [-0.3, -0.25) is 9.59 Å². The number of H-pyrrole nitrogens is 1. The Kier molecular flexibility index (Phi) is 5.17. The summed E-state index contributed by atoms with van der Waals surface area (Å²) in [6.45, 7) is 4.83. The largest absolute Gasteiger partial charge is 0.417 e. The van der Waals surface area contributed by atoms with Gasteiger partial charge in [-0.25, -0.2) is 4.98 Å². The highest BCUT2D eigenvalue weighted by molar-refractivity contribution is 7.99. The fourth-order valence-corrected chi connectivity index (χ4v) is 3.12. The smallest absolute Gasteiger partial charge is 0.355 e. The molecule has 0 radical (unpaired) electrons. The average molecular weight is 356 g/mol. The minimum Gasteiger partial charge on any atom is -0.355 e. The third-order valence-corrected chi connectivity index (χ3v) is 4.43. The molecule has 2 heterocycles. The fourth-order valence-electron chi connectivity index (χ4n) is 2.40. The first-order chi connectivity index (χ1) is 11.1. The Hall–Kier alpha value is -2.09. The molecule has 4 nitrogen and oxygen atoms in total. The van der Waals surface area contributed by atoms with Crippen molar-refractivity contribution in [2.45, 2.75) is 32.0 Å². The Balaban J connectivity index is 2.09. The van der Waals surface area contributed by atoms with Crippen LogP contribution in [-0.4, -0.2) is 27.3 Å². The summed E-state index contributed by atoms with van der Waals surface area (Å²) in [7, 11) is 0. The molecule has 24 heavy (non-hydrogen) atoms. The van der Waals surface area contributed by atoms with E-state index in [4.69, 9.17) is 0 Å². The standard InChI is InChI=1S/C16H15F3N2O2S/c1-8-14(10(3)22)9(2)21-15(8)12(23)7-24-13-5-4-11(6-20-13)16(17,18)19/h4-6,21H,7H2,1-3H3. The lowest BCUT2D eigenvalue weighted by Gasteiger charge is -2.06. The summed E-state index contributed by atoms with van der Waals surface area (Å²) in [5.41, 5.74) is 1.22. The maximum atomic E-state index is 12.5. The summed E-state index contributed by atoms with van der Waals surface area (Å²) >= 11 is 1.04. The first kappa shape index (κ1) is 18.3. The van der Waals surface area contributed by atoms with Gasteiger partial charge >= 0.3 is 6.18 Å². The maximum absolute atomic E-state index is 12.5. The SMILES string of the molecule is CC(=O)c1c(C)[nH]c(C(=O)CSc2ccc(C(F)(F)F)cn2)c1C. The van der Waals surface area contributed by atoms with Gasteiger partial charge in [-0.1, -0.05) is 11.8 Å². The zero-order valence-electron chi connectivity index (χ0n) is 13.2. The second-order valence-electron chi connectivity index (χ2n) is 5.28. The van der Waals surface area contributed by atoms with Crippen LogP contribution in [0, 0.1) is 13.8 Å². The van der Waals surface area contributed by atoms with Crippen LogP contribution in [0.15, 0.2) is 23.4 Å². The zero-order valence-corrected chi connectivity index (χ0v) is 14.1. The molecule has 128 valence electrons. The van der Waals surface area contributed by atoms with Crippen LogP contribution in [0.25, 0.3) is 0 Å². The predicted octanol–water partition coefficient (Wildman–Crippen LogP) is 4.22. The van der Waals surface area contributed by atoms with Gasteiger partial charge in [-0.15, -0.1) is 0 Å². The number of aryl methyl sites for hydroxylation is 1. The molecular formula is C16H15F3N2O2S. The number of aromatic amines is 1. The van der Waals surface area contributed by atoms with Gasteiger partial charge in [-0.2, -0.15) is 13.2 Å². The van der Waals surface area contributed by atoms with E-state index in [0.717, 1.165) is 24.0 Å². The number of alkyl halides is 3. The van der Waals surface area contributed by atoms with Crippen LogP contribution >= 0.6 is 11.8 Å². The molecule has 0 atom stereocenters. The van der Waals surface area contributed by atoms with Crippen LogP contribution in [0.1, 0.15) is 44.6 Å². The minimum atomic E-state index is -4.44. The molecule has 0 fully saturated rings. The molecule has 0 aromatic carbocycles. The summed E-state index contributed by atoms with van der Waals surface area (Å²) in [5, 5.41) is 0.323. The summed E-state index contributed by atoms with van der Waals surface area (Å²) in [6, 6.07) is 2.16. The van der Waals surface area contributed by atoms with Crippen molar-refractivity contribution in [3.05, 3.63) is 46.4 Å². The monoisotopic (exact) mass is 356 g/mol.